The summed E-state index contributed by atoms with van der Waals surface area (Å²) in [6.07, 6.45) is 6.29. The largest absolute Gasteiger partial charge is 0.478 e. The van der Waals surface area contributed by atoms with E-state index in [4.69, 9.17) is 0 Å². The van der Waals surface area contributed by atoms with Crippen LogP contribution >= 0.6 is 0 Å². The standard InChI is InChI=1S/C24H25NO3/c26-18-12-16-8-4-5-9-19(16)23-22(15-6-2-1-3-7-15)20-11-10-17(24(27)28)13-21(20)25(23)14-18/h4-5,8-11,13,15,18,26H,1-3,6-7,12,14H2,(H,27,28). The molecule has 2 N–H and O–H groups in total. The summed E-state index contributed by atoms with van der Waals surface area (Å²) in [6.45, 7) is 0.496. The Labute approximate surface area is 164 Å². The molecule has 0 bridgehead atoms. The molecule has 5 rings (SSSR count). The smallest absolute Gasteiger partial charge is 0.335 e. The van der Waals surface area contributed by atoms with E-state index in [2.05, 4.69) is 22.8 Å². The Morgan fingerprint density at radius 2 is 1.82 bits per heavy atom. The zero-order chi connectivity index (χ0) is 19.3. The minimum atomic E-state index is -0.911. The zero-order valence-electron chi connectivity index (χ0n) is 15.9. The van der Waals surface area contributed by atoms with Gasteiger partial charge in [-0.25, -0.2) is 4.79 Å². The number of hydrogen-bond donors (Lipinski definition) is 2. The Balaban J connectivity index is 1.85. The average molecular weight is 375 g/mol. The molecule has 1 saturated carbocycles. The first-order valence-electron chi connectivity index (χ1n) is 10.3. The molecule has 2 aromatic carbocycles. The molecule has 0 amide bonds. The van der Waals surface area contributed by atoms with Gasteiger partial charge < -0.3 is 14.8 Å². The van der Waals surface area contributed by atoms with Crippen molar-refractivity contribution in [2.24, 2.45) is 0 Å². The summed E-state index contributed by atoms with van der Waals surface area (Å²) in [5.41, 5.74) is 6.14. The van der Waals surface area contributed by atoms with Gasteiger partial charge in [-0.3, -0.25) is 0 Å². The van der Waals surface area contributed by atoms with Crippen LogP contribution in [0.3, 0.4) is 0 Å². The molecule has 144 valence electrons. The minimum absolute atomic E-state index is 0.301. The first-order valence-corrected chi connectivity index (χ1v) is 10.3. The molecule has 3 aromatic rings. The molecule has 1 atom stereocenters. The second-order valence-corrected chi connectivity index (χ2v) is 8.26. The number of aliphatic hydroxyl groups excluding tert-OH is 1. The third-order valence-corrected chi connectivity index (χ3v) is 6.49. The van der Waals surface area contributed by atoms with Gasteiger partial charge in [-0.05, 0) is 42.0 Å². The van der Waals surface area contributed by atoms with Gasteiger partial charge in [0.25, 0.3) is 0 Å². The number of rotatable bonds is 2. The van der Waals surface area contributed by atoms with Crippen molar-refractivity contribution in [1.82, 2.24) is 4.57 Å². The number of carbonyl (C=O) groups is 1. The second-order valence-electron chi connectivity index (χ2n) is 8.26. The molecule has 1 aliphatic heterocycles. The lowest BCUT2D eigenvalue weighted by molar-refractivity contribution is 0.0697. The summed E-state index contributed by atoms with van der Waals surface area (Å²) in [4.78, 5) is 11.6. The predicted molar refractivity (Wildman–Crippen MR) is 110 cm³/mol. The van der Waals surface area contributed by atoms with Crippen LogP contribution in [0.4, 0.5) is 0 Å². The van der Waals surface area contributed by atoms with Gasteiger partial charge in [-0.1, -0.05) is 49.6 Å². The van der Waals surface area contributed by atoms with Gasteiger partial charge in [-0.15, -0.1) is 0 Å². The molecule has 0 radical (unpaired) electrons. The lowest BCUT2D eigenvalue weighted by atomic mass is 9.81. The maximum absolute atomic E-state index is 11.6. The van der Waals surface area contributed by atoms with Crippen molar-refractivity contribution < 1.29 is 15.0 Å². The number of aromatic nitrogens is 1. The minimum Gasteiger partial charge on any atom is -0.478 e. The fourth-order valence-electron chi connectivity index (χ4n) is 5.25. The normalized spacial score (nSPS) is 19.8. The quantitative estimate of drug-likeness (QED) is 0.665. The molecule has 1 unspecified atom stereocenters. The SMILES string of the molecule is O=C(O)c1ccc2c(C3CCCCC3)c3n(c2c1)CC(O)Cc1ccccc1-3. The van der Waals surface area contributed by atoms with E-state index in [0.717, 1.165) is 10.9 Å². The van der Waals surface area contributed by atoms with E-state index in [9.17, 15) is 15.0 Å². The summed E-state index contributed by atoms with van der Waals surface area (Å²) in [7, 11) is 0. The third-order valence-electron chi connectivity index (χ3n) is 6.49. The highest BCUT2D eigenvalue weighted by Gasteiger charge is 2.30. The van der Waals surface area contributed by atoms with Crippen molar-refractivity contribution in [2.45, 2.75) is 57.1 Å². The Kier molecular flexibility index (Phi) is 4.24. The van der Waals surface area contributed by atoms with Crippen LogP contribution in [-0.4, -0.2) is 26.9 Å². The number of hydrogen-bond acceptors (Lipinski definition) is 2. The number of benzene rings is 2. The highest BCUT2D eigenvalue weighted by Crippen LogP contribution is 2.46. The van der Waals surface area contributed by atoms with E-state index in [1.807, 2.05) is 12.1 Å². The molecule has 0 saturated heterocycles. The molecule has 28 heavy (non-hydrogen) atoms. The van der Waals surface area contributed by atoms with Crippen LogP contribution in [0.25, 0.3) is 22.2 Å². The molecule has 2 aliphatic rings. The van der Waals surface area contributed by atoms with Crippen LogP contribution in [0, 0.1) is 0 Å². The summed E-state index contributed by atoms with van der Waals surface area (Å²) in [5, 5.41) is 21.4. The maximum Gasteiger partial charge on any atom is 0.335 e. The number of carboxylic acids is 1. The molecule has 4 heteroatoms. The fraction of sp³-hybridized carbons (Fsp3) is 0.375. The van der Waals surface area contributed by atoms with Crippen molar-refractivity contribution in [1.29, 1.82) is 0 Å². The lowest BCUT2D eigenvalue weighted by Gasteiger charge is -2.23. The van der Waals surface area contributed by atoms with Crippen molar-refractivity contribution >= 4 is 16.9 Å². The molecule has 1 fully saturated rings. The van der Waals surface area contributed by atoms with Gasteiger partial charge >= 0.3 is 5.97 Å². The van der Waals surface area contributed by atoms with Gasteiger partial charge in [-0.2, -0.15) is 0 Å². The van der Waals surface area contributed by atoms with Crippen LogP contribution in [-0.2, 0) is 13.0 Å². The first kappa shape index (κ1) is 17.5. The number of carboxylic acid groups (broad SMARTS) is 1. The van der Waals surface area contributed by atoms with Gasteiger partial charge in [0.05, 0.1) is 17.4 Å². The first-order chi connectivity index (χ1) is 13.6. The fourth-order valence-corrected chi connectivity index (χ4v) is 5.25. The number of fused-ring (bicyclic) bond motifs is 5. The topological polar surface area (TPSA) is 62.5 Å². The van der Waals surface area contributed by atoms with Crippen molar-refractivity contribution in [3.05, 3.63) is 59.2 Å². The zero-order valence-corrected chi connectivity index (χ0v) is 15.9. The molecule has 2 heterocycles. The Hall–Kier alpha value is -2.59. The third kappa shape index (κ3) is 2.75. The molecule has 4 nitrogen and oxygen atoms in total. The second kappa shape index (κ2) is 6.78. The van der Waals surface area contributed by atoms with Crippen LogP contribution in [0.2, 0.25) is 0 Å². The number of nitrogens with zero attached hydrogens (tertiary/aromatic N) is 1. The van der Waals surface area contributed by atoms with E-state index >= 15 is 0 Å². The van der Waals surface area contributed by atoms with E-state index in [1.54, 1.807) is 12.1 Å². The van der Waals surface area contributed by atoms with Gasteiger partial charge in [0.1, 0.15) is 0 Å². The van der Waals surface area contributed by atoms with Crippen LogP contribution in [0.15, 0.2) is 42.5 Å². The van der Waals surface area contributed by atoms with Gasteiger partial charge in [0.15, 0.2) is 0 Å². The molecular formula is C24H25NO3. The van der Waals surface area contributed by atoms with Crippen LogP contribution < -0.4 is 0 Å². The Bertz CT molecular complexity index is 1060. The molecule has 1 aromatic heterocycles. The van der Waals surface area contributed by atoms with E-state index in [0.29, 0.717) is 24.4 Å². The maximum atomic E-state index is 11.6. The highest BCUT2D eigenvalue weighted by atomic mass is 16.4. The van der Waals surface area contributed by atoms with E-state index < -0.39 is 12.1 Å². The Morgan fingerprint density at radius 3 is 2.61 bits per heavy atom. The monoisotopic (exact) mass is 375 g/mol. The van der Waals surface area contributed by atoms with Gasteiger partial charge in [0, 0.05) is 29.4 Å². The summed E-state index contributed by atoms with van der Waals surface area (Å²) in [6, 6.07) is 13.9. The lowest BCUT2D eigenvalue weighted by Crippen LogP contribution is -2.16. The summed E-state index contributed by atoms with van der Waals surface area (Å²) >= 11 is 0. The predicted octanol–water partition coefficient (Wildman–Crippen LogP) is 4.97. The summed E-state index contributed by atoms with van der Waals surface area (Å²) in [5.74, 6) is -0.419. The van der Waals surface area contributed by atoms with Crippen LogP contribution in [0.5, 0.6) is 0 Å². The highest BCUT2D eigenvalue weighted by molar-refractivity contribution is 5.98. The van der Waals surface area contributed by atoms with E-state index in [-0.39, 0.29) is 0 Å². The molecular weight excluding hydrogens is 350 g/mol. The molecule has 1 aliphatic carbocycles. The van der Waals surface area contributed by atoms with Crippen molar-refractivity contribution in [3.63, 3.8) is 0 Å². The van der Waals surface area contributed by atoms with Crippen molar-refractivity contribution in [2.75, 3.05) is 0 Å². The van der Waals surface area contributed by atoms with Gasteiger partial charge in [0.2, 0.25) is 0 Å². The average Bonchev–Trinajstić information content (AvgIpc) is 2.93. The Morgan fingerprint density at radius 1 is 1.04 bits per heavy atom. The van der Waals surface area contributed by atoms with Crippen molar-refractivity contribution in [3.8, 4) is 11.3 Å². The molecule has 0 spiro atoms. The number of aromatic carboxylic acids is 1. The van der Waals surface area contributed by atoms with Crippen LogP contribution in [0.1, 0.15) is 59.5 Å². The number of aliphatic hydroxyl groups is 1. The summed E-state index contributed by atoms with van der Waals surface area (Å²) < 4.78 is 2.18. The van der Waals surface area contributed by atoms with E-state index in [1.165, 1.54) is 54.5 Å².